The summed E-state index contributed by atoms with van der Waals surface area (Å²) in [7, 11) is 0. The fraction of sp³-hybridized carbons (Fsp3) is 0.250. The predicted octanol–water partition coefficient (Wildman–Crippen LogP) is 3.08. The van der Waals surface area contributed by atoms with E-state index in [9.17, 15) is 10.2 Å². The Morgan fingerprint density at radius 3 is 2.91 bits per heavy atom. The molecule has 0 radical (unpaired) electrons. The lowest BCUT2D eigenvalue weighted by Crippen LogP contribution is -2.11. The molecule has 1 aromatic carbocycles. The van der Waals surface area contributed by atoms with Crippen molar-refractivity contribution in [3.8, 4) is 5.69 Å². The van der Waals surface area contributed by atoms with Crippen LogP contribution in [0.15, 0.2) is 42.2 Å². The van der Waals surface area contributed by atoms with E-state index in [4.69, 9.17) is 12.2 Å². The molecule has 3 N–H and O–H groups in total. The van der Waals surface area contributed by atoms with Crippen LogP contribution in [0.1, 0.15) is 24.7 Å². The van der Waals surface area contributed by atoms with Crippen LogP contribution in [0.2, 0.25) is 0 Å². The zero-order valence-electron chi connectivity index (χ0n) is 12.2. The molecule has 0 fully saturated rings. The summed E-state index contributed by atoms with van der Waals surface area (Å²) in [5, 5.41) is 26.8. The van der Waals surface area contributed by atoms with Crippen LogP contribution in [0.3, 0.4) is 0 Å². The van der Waals surface area contributed by atoms with E-state index in [2.05, 4.69) is 17.1 Å². The normalized spacial score (nSPS) is 18.0. The zero-order chi connectivity index (χ0) is 15.7. The molecule has 0 amide bonds. The molecule has 22 heavy (non-hydrogen) atoms. The molecule has 0 unspecified atom stereocenters. The molecule has 5 nitrogen and oxygen atoms in total. The molecule has 1 aromatic heterocycles. The van der Waals surface area contributed by atoms with Crippen LogP contribution in [-0.2, 0) is 6.42 Å². The molecule has 0 bridgehead atoms. The van der Waals surface area contributed by atoms with Crippen molar-refractivity contribution in [1.82, 2.24) is 14.8 Å². The third-order valence-electron chi connectivity index (χ3n) is 3.72. The Hall–Kier alpha value is -2.18. The van der Waals surface area contributed by atoms with Crippen molar-refractivity contribution < 1.29 is 10.2 Å². The number of aryl methyl sites for hydroxylation is 1. The first-order valence-corrected chi connectivity index (χ1v) is 7.58. The number of aromatic nitrogens is 3. The highest BCUT2D eigenvalue weighted by Gasteiger charge is 2.21. The van der Waals surface area contributed by atoms with E-state index in [1.165, 1.54) is 6.08 Å². The van der Waals surface area contributed by atoms with Gasteiger partial charge in [0.1, 0.15) is 5.76 Å². The third kappa shape index (κ3) is 2.51. The monoisotopic (exact) mass is 315 g/mol. The standard InChI is InChI=1S/C16H17N3O2S/c1-2-10-5-3-4-6-13(10)19-15(17-18-16(19)22)12-8-7-11(20)9-14(12)21/h3-6,8-9,11,20-21H,2,7H2,1H3,(H,18,22)/t11-/m0/s1. The summed E-state index contributed by atoms with van der Waals surface area (Å²) in [4.78, 5) is 0. The fourth-order valence-electron chi connectivity index (χ4n) is 2.62. The maximum Gasteiger partial charge on any atom is 0.200 e. The lowest BCUT2D eigenvalue weighted by Gasteiger charge is -2.16. The highest BCUT2D eigenvalue weighted by Crippen LogP contribution is 2.28. The fourth-order valence-corrected chi connectivity index (χ4v) is 2.85. The number of hydrogen-bond donors (Lipinski definition) is 3. The number of aliphatic hydroxyl groups excluding tert-OH is 2. The molecule has 1 atom stereocenters. The van der Waals surface area contributed by atoms with E-state index in [0.717, 1.165) is 17.7 Å². The summed E-state index contributed by atoms with van der Waals surface area (Å²) in [6, 6.07) is 7.95. The van der Waals surface area contributed by atoms with Gasteiger partial charge in [-0.2, -0.15) is 5.10 Å². The molecule has 0 aliphatic heterocycles. The first-order valence-electron chi connectivity index (χ1n) is 7.17. The van der Waals surface area contributed by atoms with Crippen molar-refractivity contribution >= 4 is 17.8 Å². The molecule has 6 heteroatoms. The average Bonchev–Trinajstić information content (AvgIpc) is 2.88. The second kappa shape index (κ2) is 5.90. The number of rotatable bonds is 3. The van der Waals surface area contributed by atoms with Crippen LogP contribution in [-0.4, -0.2) is 31.1 Å². The highest BCUT2D eigenvalue weighted by molar-refractivity contribution is 7.71. The van der Waals surface area contributed by atoms with Gasteiger partial charge in [-0.25, -0.2) is 0 Å². The third-order valence-corrected chi connectivity index (χ3v) is 3.99. The summed E-state index contributed by atoms with van der Waals surface area (Å²) in [5.41, 5.74) is 2.66. The Labute approximate surface area is 133 Å². The van der Waals surface area contributed by atoms with Gasteiger partial charge in [-0.3, -0.25) is 9.67 Å². The Kier molecular flexibility index (Phi) is 3.96. The molecule has 1 aliphatic rings. The Balaban J connectivity index is 2.18. The van der Waals surface area contributed by atoms with Gasteiger partial charge >= 0.3 is 0 Å². The van der Waals surface area contributed by atoms with Crippen molar-refractivity contribution in [3.05, 3.63) is 58.3 Å². The van der Waals surface area contributed by atoms with Crippen LogP contribution in [0.5, 0.6) is 0 Å². The van der Waals surface area contributed by atoms with Gasteiger partial charge in [-0.15, -0.1) is 0 Å². The number of H-pyrrole nitrogens is 1. The summed E-state index contributed by atoms with van der Waals surface area (Å²) >= 11 is 5.36. The smallest absolute Gasteiger partial charge is 0.200 e. The second-order valence-corrected chi connectivity index (χ2v) is 5.53. The van der Waals surface area contributed by atoms with E-state index in [1.807, 2.05) is 28.8 Å². The zero-order valence-corrected chi connectivity index (χ0v) is 13.0. The Morgan fingerprint density at radius 2 is 2.18 bits per heavy atom. The first-order chi connectivity index (χ1) is 10.6. The lowest BCUT2D eigenvalue weighted by molar-refractivity contribution is 0.219. The number of allylic oxidation sites excluding steroid dienone is 1. The van der Waals surface area contributed by atoms with E-state index in [0.29, 0.717) is 22.6 Å². The van der Waals surface area contributed by atoms with Crippen molar-refractivity contribution in [2.24, 2.45) is 0 Å². The molecule has 1 aliphatic carbocycles. The maximum atomic E-state index is 10.1. The molecule has 2 aromatic rings. The molecular weight excluding hydrogens is 298 g/mol. The molecule has 114 valence electrons. The largest absolute Gasteiger partial charge is 0.507 e. The van der Waals surface area contributed by atoms with Crippen molar-refractivity contribution in [1.29, 1.82) is 0 Å². The van der Waals surface area contributed by atoms with Crippen LogP contribution >= 0.6 is 12.2 Å². The topological polar surface area (TPSA) is 74.1 Å². The highest BCUT2D eigenvalue weighted by atomic mass is 32.1. The molecule has 0 saturated carbocycles. The summed E-state index contributed by atoms with van der Waals surface area (Å²) in [6.45, 7) is 2.08. The summed E-state index contributed by atoms with van der Waals surface area (Å²) in [6.07, 6.45) is 3.83. The van der Waals surface area contributed by atoms with Gasteiger partial charge < -0.3 is 10.2 Å². The number of benzene rings is 1. The van der Waals surface area contributed by atoms with Crippen molar-refractivity contribution in [3.63, 3.8) is 0 Å². The van der Waals surface area contributed by atoms with Gasteiger partial charge in [0.2, 0.25) is 0 Å². The number of aromatic amines is 1. The van der Waals surface area contributed by atoms with Crippen LogP contribution in [0.25, 0.3) is 11.3 Å². The SMILES string of the molecule is CCc1ccccc1-n1c(C2=CC[C@H](O)C=C2O)n[nH]c1=S. The van der Waals surface area contributed by atoms with Gasteiger partial charge in [0.05, 0.1) is 17.4 Å². The number of para-hydroxylation sites is 1. The van der Waals surface area contributed by atoms with E-state index >= 15 is 0 Å². The molecule has 3 rings (SSSR count). The van der Waals surface area contributed by atoms with Gasteiger partial charge in [0.25, 0.3) is 0 Å². The van der Waals surface area contributed by atoms with Crippen LogP contribution < -0.4 is 0 Å². The minimum absolute atomic E-state index is 0.0166. The van der Waals surface area contributed by atoms with Crippen molar-refractivity contribution in [2.75, 3.05) is 0 Å². The van der Waals surface area contributed by atoms with E-state index in [1.54, 1.807) is 6.08 Å². The summed E-state index contributed by atoms with van der Waals surface area (Å²) < 4.78 is 2.29. The number of nitrogens with zero attached hydrogens (tertiary/aromatic N) is 2. The van der Waals surface area contributed by atoms with Gasteiger partial charge in [0, 0.05) is 0 Å². The average molecular weight is 315 g/mol. The number of hydrogen-bond acceptors (Lipinski definition) is 4. The van der Waals surface area contributed by atoms with Gasteiger partial charge in [0.15, 0.2) is 10.6 Å². The number of aliphatic hydroxyl groups is 2. The van der Waals surface area contributed by atoms with E-state index < -0.39 is 6.10 Å². The van der Waals surface area contributed by atoms with Crippen LogP contribution in [0.4, 0.5) is 0 Å². The Bertz CT molecular complexity index is 817. The minimum atomic E-state index is -0.665. The summed E-state index contributed by atoms with van der Waals surface area (Å²) in [5.74, 6) is 0.564. The lowest BCUT2D eigenvalue weighted by atomic mass is 10.0. The second-order valence-electron chi connectivity index (χ2n) is 5.14. The molecule has 0 saturated heterocycles. The molecular formula is C16H17N3O2S. The minimum Gasteiger partial charge on any atom is -0.507 e. The first kappa shape index (κ1) is 14.7. The van der Waals surface area contributed by atoms with Crippen molar-refractivity contribution in [2.45, 2.75) is 25.9 Å². The quantitative estimate of drug-likeness (QED) is 0.761. The Morgan fingerprint density at radius 1 is 1.41 bits per heavy atom. The molecule has 0 spiro atoms. The van der Waals surface area contributed by atoms with Crippen LogP contribution in [0, 0.1) is 4.77 Å². The predicted molar refractivity (Wildman–Crippen MR) is 87.4 cm³/mol. The number of nitrogens with one attached hydrogen (secondary N) is 1. The van der Waals surface area contributed by atoms with Gasteiger partial charge in [-0.05, 0) is 42.8 Å². The van der Waals surface area contributed by atoms with E-state index in [-0.39, 0.29) is 5.76 Å². The molecule has 1 heterocycles. The van der Waals surface area contributed by atoms with Gasteiger partial charge in [-0.1, -0.05) is 31.2 Å². The maximum absolute atomic E-state index is 10.1.